The third-order valence-corrected chi connectivity index (χ3v) is 10.1. The van der Waals surface area contributed by atoms with Gasteiger partial charge in [0.15, 0.2) is 0 Å². The summed E-state index contributed by atoms with van der Waals surface area (Å²) in [5.41, 5.74) is 1.22. The molecule has 3 N–H and O–H groups in total. The number of carbonyl (C=O) groups is 4. The second-order valence-electron chi connectivity index (χ2n) is 9.32. The van der Waals surface area contributed by atoms with Gasteiger partial charge in [-0.2, -0.15) is 0 Å². The van der Waals surface area contributed by atoms with E-state index in [1.54, 1.807) is 23.1 Å². The molecule has 222 valence electrons. The highest BCUT2D eigenvalue weighted by atomic mass is 32.2. The van der Waals surface area contributed by atoms with Crippen LogP contribution < -0.4 is 19.7 Å². The van der Waals surface area contributed by atoms with Crippen molar-refractivity contribution in [3.8, 4) is 0 Å². The highest BCUT2D eigenvalue weighted by molar-refractivity contribution is 8.30. The van der Waals surface area contributed by atoms with Crippen molar-refractivity contribution in [1.29, 1.82) is 0 Å². The number of carboxylic acid groups (broad SMARTS) is 2. The number of ether oxygens (including phenoxy) is 1. The van der Waals surface area contributed by atoms with Gasteiger partial charge in [0, 0.05) is 4.90 Å². The van der Waals surface area contributed by atoms with Crippen LogP contribution in [0.1, 0.15) is 19.4 Å². The predicted octanol–water partition coefficient (Wildman–Crippen LogP) is 0.973. The third kappa shape index (κ3) is 6.32. The Morgan fingerprint density at radius 3 is 2.33 bits per heavy atom. The first-order valence-corrected chi connectivity index (χ1v) is 15.1. The van der Waals surface area contributed by atoms with E-state index >= 15 is 0 Å². The summed E-state index contributed by atoms with van der Waals surface area (Å²) < 4.78 is 6.09. The Morgan fingerprint density at radius 2 is 1.74 bits per heavy atom. The maximum atomic E-state index is 13.7. The Balaban J connectivity index is 1.97. The normalized spacial score (nSPS) is 17.8. The smallest absolute Gasteiger partial charge is 0.325 e. The van der Waals surface area contributed by atoms with Gasteiger partial charge in [-0.15, -0.1) is 11.3 Å². The van der Waals surface area contributed by atoms with Crippen LogP contribution in [0.4, 0.5) is 5.69 Å². The molecule has 0 saturated carbocycles. The zero-order valence-electron chi connectivity index (χ0n) is 22.5. The van der Waals surface area contributed by atoms with E-state index in [2.05, 4.69) is 0 Å². The number of aliphatic carboxylic acids is 2. The van der Waals surface area contributed by atoms with Gasteiger partial charge < -0.3 is 25.0 Å². The first kappa shape index (κ1) is 31.5. The number of esters is 1. The number of aliphatic hydroxyl groups excluding tert-OH is 1. The molecule has 1 fully saturated rings. The number of thiazole rings is 1. The van der Waals surface area contributed by atoms with Crippen LogP contribution in [-0.2, 0) is 37.1 Å². The van der Waals surface area contributed by atoms with Gasteiger partial charge in [-0.3, -0.25) is 33.4 Å². The van der Waals surface area contributed by atoms with Crippen molar-refractivity contribution >= 4 is 91.4 Å². The van der Waals surface area contributed by atoms with E-state index in [1.165, 1.54) is 18.9 Å². The quantitative estimate of drug-likeness (QED) is 0.260. The predicted molar refractivity (Wildman–Crippen MR) is 162 cm³/mol. The van der Waals surface area contributed by atoms with E-state index in [0.717, 1.165) is 37.5 Å². The number of amides is 1. The van der Waals surface area contributed by atoms with Crippen molar-refractivity contribution in [3.05, 3.63) is 54.4 Å². The molecular weight excluding hydrogens is 627 g/mol. The number of nitrogens with zero attached hydrogens (tertiary/aromatic N) is 3. The Labute approximate surface area is 256 Å². The van der Waals surface area contributed by atoms with Gasteiger partial charge in [0.1, 0.15) is 33.5 Å². The number of carbonyl (C=O) groups excluding carboxylic acids is 2. The van der Waals surface area contributed by atoms with Gasteiger partial charge in [0.25, 0.3) is 11.5 Å². The second-order valence-corrected chi connectivity index (χ2v) is 13.0. The summed E-state index contributed by atoms with van der Waals surface area (Å²) in [6, 6.07) is 5.34. The Bertz CT molecular complexity index is 1720. The minimum absolute atomic E-state index is 0.0160. The van der Waals surface area contributed by atoms with Gasteiger partial charge in [-0.05, 0) is 35.3 Å². The first-order valence-electron chi connectivity index (χ1n) is 12.3. The zero-order chi connectivity index (χ0) is 30.9. The number of thiocarbonyl (C=S) groups is 1. The molecule has 4 rings (SSSR count). The summed E-state index contributed by atoms with van der Waals surface area (Å²) in [5, 5.41) is 29.0. The fourth-order valence-corrected chi connectivity index (χ4v) is 7.99. The van der Waals surface area contributed by atoms with Crippen LogP contribution in [-0.4, -0.2) is 73.1 Å². The molecule has 0 radical (unpaired) electrons. The van der Waals surface area contributed by atoms with Crippen molar-refractivity contribution in [2.45, 2.75) is 31.9 Å². The molecule has 2 aromatic rings. The molecule has 3 heterocycles. The van der Waals surface area contributed by atoms with Crippen LogP contribution in [0, 0.1) is 5.92 Å². The Morgan fingerprint density at radius 1 is 1.05 bits per heavy atom. The van der Waals surface area contributed by atoms with E-state index in [4.69, 9.17) is 17.0 Å². The summed E-state index contributed by atoms with van der Waals surface area (Å²) in [5.74, 6) is -4.07. The van der Waals surface area contributed by atoms with E-state index in [-0.39, 0.29) is 37.5 Å². The molecule has 0 spiro atoms. The van der Waals surface area contributed by atoms with E-state index < -0.39 is 42.5 Å². The Hall–Kier alpha value is -3.44. The molecule has 16 heteroatoms. The van der Waals surface area contributed by atoms with Gasteiger partial charge in [-0.25, -0.2) is 0 Å². The number of thioether (sulfide) groups is 2. The summed E-state index contributed by atoms with van der Waals surface area (Å²) in [6.07, 6.45) is 1.74. The fraction of sp³-hybridized carbons (Fsp3) is 0.308. The number of allylic oxidation sites excluding steroid dienone is 1. The van der Waals surface area contributed by atoms with Gasteiger partial charge >= 0.3 is 17.9 Å². The number of fused-ring (bicyclic) bond motifs is 1. The summed E-state index contributed by atoms with van der Waals surface area (Å²) in [4.78, 5) is 65.5. The molecule has 0 atom stereocenters. The molecule has 2 aliphatic rings. The lowest BCUT2D eigenvalue weighted by atomic mass is 10.0. The van der Waals surface area contributed by atoms with Crippen LogP contribution in [0.2, 0.25) is 0 Å². The van der Waals surface area contributed by atoms with E-state index in [0.29, 0.717) is 21.9 Å². The molecule has 1 aromatic carbocycles. The lowest BCUT2D eigenvalue weighted by Crippen LogP contribution is -2.37. The minimum atomic E-state index is -1.31. The number of hydrogen-bond acceptors (Lipinski definition) is 12. The summed E-state index contributed by atoms with van der Waals surface area (Å²) in [6.45, 7) is 1.96. The number of rotatable bonds is 9. The lowest BCUT2D eigenvalue weighted by molar-refractivity contribution is -0.140. The van der Waals surface area contributed by atoms with Gasteiger partial charge in [0.05, 0.1) is 29.0 Å². The maximum Gasteiger partial charge on any atom is 0.325 e. The molecule has 42 heavy (non-hydrogen) atoms. The van der Waals surface area contributed by atoms with Crippen LogP contribution >= 0.6 is 47.1 Å². The van der Waals surface area contributed by atoms with Crippen LogP contribution in [0.25, 0.3) is 10.5 Å². The molecule has 0 unspecified atom stereocenters. The molecule has 1 amide bonds. The number of hydrogen-bond donors (Lipinski definition) is 3. The molecule has 0 bridgehead atoms. The van der Waals surface area contributed by atoms with Crippen molar-refractivity contribution < 1.29 is 39.2 Å². The standard InChI is InChI=1S/C26H25N3O9S4/c1-12(2)14(7-17-27(10-20(35)38-3)15-6-13(11-30)4-5-16(15)40-17)21-23(36)28(8-18(31)32)25(41-21)22-24(37)29(9-19(33)34)26(39)42-22/h4-7,12,30H,8-11H2,1-3H3,(H,31,32)(H,33,34)/b17-7-,21-14-,25-22-. The van der Waals surface area contributed by atoms with Crippen molar-refractivity contribution in [2.24, 2.45) is 5.92 Å². The zero-order valence-corrected chi connectivity index (χ0v) is 25.7. The van der Waals surface area contributed by atoms with Crippen molar-refractivity contribution in [3.63, 3.8) is 0 Å². The van der Waals surface area contributed by atoms with E-state index in [9.17, 15) is 39.3 Å². The fourth-order valence-electron chi connectivity index (χ4n) is 4.18. The second kappa shape index (κ2) is 12.8. The lowest BCUT2D eigenvalue weighted by Gasteiger charge is -2.20. The van der Waals surface area contributed by atoms with Crippen molar-refractivity contribution in [1.82, 2.24) is 9.47 Å². The molecule has 2 aliphatic heterocycles. The third-order valence-electron chi connectivity index (χ3n) is 6.17. The highest BCUT2D eigenvalue weighted by Crippen LogP contribution is 2.47. The molecular formula is C26H25N3O9S4. The SMILES string of the molecule is COC(=O)CN1/C(=C/C(=c2/s/c(=C3\SC(=S)N(CC(=O)O)C3=O)n(CC(=O)O)c2=O)C(C)C)Sc2ccc(CO)cc21. The Kier molecular flexibility index (Phi) is 9.62. The van der Waals surface area contributed by atoms with Crippen LogP contribution in [0.15, 0.2) is 39.0 Å². The number of anilines is 1. The maximum absolute atomic E-state index is 13.7. The first-order chi connectivity index (χ1) is 19.9. The number of benzene rings is 1. The monoisotopic (exact) mass is 651 g/mol. The number of methoxy groups -OCH3 is 1. The van der Waals surface area contributed by atoms with Crippen LogP contribution in [0.3, 0.4) is 0 Å². The van der Waals surface area contributed by atoms with E-state index in [1.807, 2.05) is 19.9 Å². The molecule has 1 saturated heterocycles. The molecule has 1 aromatic heterocycles. The molecule has 12 nitrogen and oxygen atoms in total. The summed E-state index contributed by atoms with van der Waals surface area (Å²) in [7, 11) is 1.27. The number of carboxylic acids is 2. The van der Waals surface area contributed by atoms with Crippen LogP contribution in [0.5, 0.6) is 0 Å². The highest BCUT2D eigenvalue weighted by Gasteiger charge is 2.36. The largest absolute Gasteiger partial charge is 0.480 e. The molecule has 0 aliphatic carbocycles. The minimum Gasteiger partial charge on any atom is -0.480 e. The number of aromatic nitrogens is 1. The average Bonchev–Trinajstić information content (AvgIpc) is 3.53. The van der Waals surface area contributed by atoms with Gasteiger partial charge in [-0.1, -0.05) is 55.7 Å². The van der Waals surface area contributed by atoms with Gasteiger partial charge in [0.2, 0.25) is 0 Å². The topological polar surface area (TPSA) is 167 Å². The average molecular weight is 652 g/mol. The van der Waals surface area contributed by atoms with Crippen molar-refractivity contribution in [2.75, 3.05) is 25.1 Å². The number of aliphatic hydroxyl groups is 1. The summed E-state index contributed by atoms with van der Waals surface area (Å²) >= 11 is 8.27.